The van der Waals surface area contributed by atoms with Gasteiger partial charge in [0, 0.05) is 25.6 Å². The van der Waals surface area contributed by atoms with Gasteiger partial charge in [0.25, 0.3) is 0 Å². The van der Waals surface area contributed by atoms with E-state index < -0.39 is 0 Å². The predicted octanol–water partition coefficient (Wildman–Crippen LogP) is 3.79. The zero-order valence-electron chi connectivity index (χ0n) is 17.5. The third-order valence-corrected chi connectivity index (χ3v) is 4.87. The second-order valence-electron chi connectivity index (χ2n) is 6.78. The molecule has 0 radical (unpaired) electrons. The van der Waals surface area contributed by atoms with Crippen LogP contribution in [0.2, 0.25) is 0 Å². The van der Waals surface area contributed by atoms with Crippen LogP contribution in [-0.4, -0.2) is 38.1 Å². The van der Waals surface area contributed by atoms with E-state index in [9.17, 15) is 4.79 Å². The molecular formula is C23H32N2O3. The Morgan fingerprint density at radius 1 is 0.893 bits per heavy atom. The van der Waals surface area contributed by atoms with Crippen molar-refractivity contribution in [2.45, 2.75) is 39.8 Å². The molecule has 1 amide bonds. The Balaban J connectivity index is 1.81. The lowest BCUT2D eigenvalue weighted by atomic mass is 10.1. The lowest BCUT2D eigenvalue weighted by molar-refractivity contribution is -0.121. The van der Waals surface area contributed by atoms with Gasteiger partial charge in [0.2, 0.25) is 5.91 Å². The monoisotopic (exact) mass is 384 g/mol. The average molecular weight is 385 g/mol. The largest absolute Gasteiger partial charge is 0.497 e. The molecule has 0 aliphatic carbocycles. The molecule has 2 rings (SSSR count). The fraction of sp³-hybridized carbons (Fsp3) is 0.435. The van der Waals surface area contributed by atoms with Crippen molar-refractivity contribution in [2.75, 3.05) is 27.3 Å². The molecule has 0 saturated heterocycles. The first-order valence-corrected chi connectivity index (χ1v) is 9.86. The number of rotatable bonds is 11. The van der Waals surface area contributed by atoms with Crippen molar-refractivity contribution in [3.63, 3.8) is 0 Å². The summed E-state index contributed by atoms with van der Waals surface area (Å²) in [5, 5.41) is 3.00. The van der Waals surface area contributed by atoms with Crippen molar-refractivity contribution >= 4 is 5.91 Å². The lowest BCUT2D eigenvalue weighted by Gasteiger charge is -2.18. The maximum atomic E-state index is 12.2. The Kier molecular flexibility index (Phi) is 8.82. The number of ether oxygens (including phenoxy) is 2. The van der Waals surface area contributed by atoms with Crippen molar-refractivity contribution in [2.24, 2.45) is 0 Å². The van der Waals surface area contributed by atoms with E-state index in [1.807, 2.05) is 18.2 Å². The van der Waals surface area contributed by atoms with Gasteiger partial charge < -0.3 is 14.8 Å². The quantitative estimate of drug-likeness (QED) is 0.640. The van der Waals surface area contributed by atoms with E-state index >= 15 is 0 Å². The summed E-state index contributed by atoms with van der Waals surface area (Å²) in [6.45, 7) is 7.96. The van der Waals surface area contributed by atoms with E-state index in [4.69, 9.17) is 9.47 Å². The zero-order valence-corrected chi connectivity index (χ0v) is 17.5. The van der Waals surface area contributed by atoms with Gasteiger partial charge in [0.05, 0.1) is 14.2 Å². The van der Waals surface area contributed by atoms with Crippen LogP contribution in [0.1, 0.15) is 37.0 Å². The first-order valence-electron chi connectivity index (χ1n) is 9.86. The molecule has 0 atom stereocenters. The summed E-state index contributed by atoms with van der Waals surface area (Å²) in [5.41, 5.74) is 3.43. The molecule has 2 aromatic carbocycles. The maximum absolute atomic E-state index is 12.2. The summed E-state index contributed by atoms with van der Waals surface area (Å²) in [6, 6.07) is 14.2. The fourth-order valence-electron chi connectivity index (χ4n) is 3.03. The molecule has 0 saturated carbocycles. The molecule has 0 fully saturated rings. The second kappa shape index (κ2) is 11.3. The van der Waals surface area contributed by atoms with Gasteiger partial charge in [-0.3, -0.25) is 9.69 Å². The number of hydrogen-bond acceptors (Lipinski definition) is 4. The van der Waals surface area contributed by atoms with E-state index in [1.54, 1.807) is 14.2 Å². The minimum Gasteiger partial charge on any atom is -0.497 e. The summed E-state index contributed by atoms with van der Waals surface area (Å²) in [4.78, 5) is 14.6. The number of amides is 1. The smallest absolute Gasteiger partial charge is 0.220 e. The maximum Gasteiger partial charge on any atom is 0.220 e. The molecule has 28 heavy (non-hydrogen) atoms. The molecular weight excluding hydrogens is 352 g/mol. The highest BCUT2D eigenvalue weighted by molar-refractivity contribution is 5.76. The molecule has 2 aromatic rings. The van der Waals surface area contributed by atoms with Gasteiger partial charge in [-0.2, -0.15) is 0 Å². The lowest BCUT2D eigenvalue weighted by Crippen LogP contribution is -2.23. The van der Waals surface area contributed by atoms with Gasteiger partial charge in [-0.15, -0.1) is 0 Å². The van der Waals surface area contributed by atoms with Crippen molar-refractivity contribution in [3.8, 4) is 11.5 Å². The summed E-state index contributed by atoms with van der Waals surface area (Å²) in [6.07, 6.45) is 1.07. The molecule has 5 heteroatoms. The minimum atomic E-state index is 0.0361. The standard InChI is InChI=1S/C23H32N2O3/c1-5-25(6-2)17-19-9-7-18(8-10-19)16-24-23(26)12-11-20-13-21(27-3)15-22(14-20)28-4/h7-10,13-15H,5-6,11-12,16-17H2,1-4H3,(H,24,26). The van der Waals surface area contributed by atoms with Gasteiger partial charge in [-0.05, 0) is 48.3 Å². The number of hydrogen-bond donors (Lipinski definition) is 1. The summed E-state index contributed by atoms with van der Waals surface area (Å²) >= 11 is 0. The van der Waals surface area contributed by atoms with Crippen molar-refractivity contribution in [3.05, 3.63) is 59.2 Å². The number of nitrogens with one attached hydrogen (secondary N) is 1. The zero-order chi connectivity index (χ0) is 20.4. The average Bonchev–Trinajstić information content (AvgIpc) is 2.75. The molecule has 0 spiro atoms. The van der Waals surface area contributed by atoms with E-state index in [1.165, 1.54) is 5.56 Å². The number of carbonyl (C=O) groups excluding carboxylic acids is 1. The van der Waals surface area contributed by atoms with Crippen LogP contribution in [0.25, 0.3) is 0 Å². The van der Waals surface area contributed by atoms with Crippen LogP contribution < -0.4 is 14.8 Å². The molecule has 0 aliphatic rings. The highest BCUT2D eigenvalue weighted by atomic mass is 16.5. The van der Waals surface area contributed by atoms with Crippen molar-refractivity contribution in [1.29, 1.82) is 0 Å². The Morgan fingerprint density at radius 3 is 2.00 bits per heavy atom. The summed E-state index contributed by atoms with van der Waals surface area (Å²) in [7, 11) is 3.25. The number of carbonyl (C=O) groups is 1. The van der Waals surface area contributed by atoms with Crippen LogP contribution in [-0.2, 0) is 24.3 Å². The number of nitrogens with zero attached hydrogens (tertiary/aromatic N) is 1. The third kappa shape index (κ3) is 6.89. The Hall–Kier alpha value is -2.53. The van der Waals surface area contributed by atoms with E-state index in [0.717, 1.165) is 42.3 Å². The Morgan fingerprint density at radius 2 is 1.46 bits per heavy atom. The van der Waals surface area contributed by atoms with E-state index in [-0.39, 0.29) is 5.91 Å². The molecule has 0 heterocycles. The molecule has 0 aliphatic heterocycles. The van der Waals surface area contributed by atoms with E-state index in [0.29, 0.717) is 19.4 Å². The molecule has 0 unspecified atom stereocenters. The first-order chi connectivity index (χ1) is 13.6. The molecule has 1 N–H and O–H groups in total. The van der Waals surface area contributed by atoms with Crippen molar-refractivity contribution < 1.29 is 14.3 Å². The normalized spacial score (nSPS) is 10.8. The fourth-order valence-corrected chi connectivity index (χ4v) is 3.03. The minimum absolute atomic E-state index is 0.0361. The summed E-state index contributed by atoms with van der Waals surface area (Å²) < 4.78 is 10.5. The number of methoxy groups -OCH3 is 2. The first kappa shape index (κ1) is 21.8. The third-order valence-electron chi connectivity index (χ3n) is 4.87. The van der Waals surface area contributed by atoms with Crippen LogP contribution in [0.3, 0.4) is 0 Å². The van der Waals surface area contributed by atoms with Gasteiger partial charge in [-0.1, -0.05) is 38.1 Å². The van der Waals surface area contributed by atoms with Crippen molar-refractivity contribution in [1.82, 2.24) is 10.2 Å². The van der Waals surface area contributed by atoms with Gasteiger partial charge in [0.1, 0.15) is 11.5 Å². The Bertz CT molecular complexity index is 718. The van der Waals surface area contributed by atoms with Crippen LogP contribution in [0.4, 0.5) is 0 Å². The van der Waals surface area contributed by atoms with Gasteiger partial charge >= 0.3 is 0 Å². The molecule has 5 nitrogen and oxygen atoms in total. The summed E-state index contributed by atoms with van der Waals surface area (Å²) in [5.74, 6) is 1.51. The molecule has 0 aromatic heterocycles. The number of benzene rings is 2. The van der Waals surface area contributed by atoms with Crippen LogP contribution >= 0.6 is 0 Å². The Labute approximate surface area is 168 Å². The van der Waals surface area contributed by atoms with Crippen LogP contribution in [0, 0.1) is 0 Å². The van der Waals surface area contributed by atoms with Gasteiger partial charge in [0.15, 0.2) is 0 Å². The van der Waals surface area contributed by atoms with Crippen LogP contribution in [0.5, 0.6) is 11.5 Å². The highest BCUT2D eigenvalue weighted by Gasteiger charge is 2.07. The van der Waals surface area contributed by atoms with E-state index in [2.05, 4.69) is 48.3 Å². The molecule has 0 bridgehead atoms. The highest BCUT2D eigenvalue weighted by Crippen LogP contribution is 2.23. The molecule has 152 valence electrons. The van der Waals surface area contributed by atoms with Gasteiger partial charge in [-0.25, -0.2) is 0 Å². The second-order valence-corrected chi connectivity index (χ2v) is 6.78. The number of aryl methyl sites for hydroxylation is 1. The SMILES string of the molecule is CCN(CC)Cc1ccc(CNC(=O)CCc2cc(OC)cc(OC)c2)cc1. The topological polar surface area (TPSA) is 50.8 Å². The van der Waals surface area contributed by atoms with Crippen LogP contribution in [0.15, 0.2) is 42.5 Å². The predicted molar refractivity (Wildman–Crippen MR) is 113 cm³/mol.